The van der Waals surface area contributed by atoms with Gasteiger partial charge in [-0.3, -0.25) is 0 Å². The maximum Gasteiger partial charge on any atom is 0.257 e. The van der Waals surface area contributed by atoms with Gasteiger partial charge in [-0.25, -0.2) is 4.68 Å². The zero-order valence-corrected chi connectivity index (χ0v) is 12.4. The molecule has 0 atom stereocenters. The molecular formula is C13H21N7. The largest absolute Gasteiger partial charge is 0.357 e. The Labute approximate surface area is 118 Å². The molecule has 0 saturated carbocycles. The maximum absolute atomic E-state index is 4.39. The fraction of sp³-hybridized carbons (Fsp3) is 0.538. The Morgan fingerprint density at radius 1 is 1.20 bits per heavy atom. The standard InChI is InChI=1S/C13H21N7/c1-5-13(2,3)9-15-11-17-10(14-4)18-12(19-11)20-8-6-7-16-20/h6-8H,5,9H2,1-4H3,(H2,14,15,17,18,19). The third-order valence-corrected chi connectivity index (χ3v) is 3.24. The van der Waals surface area contributed by atoms with Crippen molar-refractivity contribution in [1.29, 1.82) is 0 Å². The molecule has 2 heterocycles. The molecule has 20 heavy (non-hydrogen) atoms. The minimum atomic E-state index is 0.193. The molecule has 0 aromatic carbocycles. The third-order valence-electron chi connectivity index (χ3n) is 3.24. The molecule has 0 bridgehead atoms. The van der Waals surface area contributed by atoms with Gasteiger partial charge in [0.15, 0.2) is 0 Å². The zero-order chi connectivity index (χ0) is 14.6. The predicted octanol–water partition coefficient (Wildman–Crippen LogP) is 1.95. The molecule has 108 valence electrons. The second-order valence-corrected chi connectivity index (χ2v) is 5.35. The summed E-state index contributed by atoms with van der Waals surface area (Å²) in [6.45, 7) is 7.38. The van der Waals surface area contributed by atoms with Crippen LogP contribution in [-0.4, -0.2) is 38.3 Å². The summed E-state index contributed by atoms with van der Waals surface area (Å²) in [5, 5.41) is 10.3. The number of nitrogens with one attached hydrogen (secondary N) is 2. The fourth-order valence-corrected chi connectivity index (χ4v) is 1.49. The summed E-state index contributed by atoms with van der Waals surface area (Å²) in [5.74, 6) is 1.56. The molecule has 2 N–H and O–H groups in total. The second-order valence-electron chi connectivity index (χ2n) is 5.35. The third kappa shape index (κ3) is 3.43. The molecule has 7 heteroatoms. The van der Waals surface area contributed by atoms with E-state index in [1.54, 1.807) is 24.1 Å². The Morgan fingerprint density at radius 2 is 1.95 bits per heavy atom. The number of hydrogen-bond acceptors (Lipinski definition) is 6. The van der Waals surface area contributed by atoms with Crippen molar-refractivity contribution in [1.82, 2.24) is 24.7 Å². The van der Waals surface area contributed by atoms with Crippen molar-refractivity contribution in [3.8, 4) is 5.95 Å². The van der Waals surface area contributed by atoms with Gasteiger partial charge in [0.1, 0.15) is 0 Å². The molecule has 2 aromatic heterocycles. The molecule has 0 amide bonds. The van der Waals surface area contributed by atoms with Crippen molar-refractivity contribution < 1.29 is 0 Å². The first-order valence-corrected chi connectivity index (χ1v) is 6.72. The van der Waals surface area contributed by atoms with Gasteiger partial charge < -0.3 is 10.6 Å². The van der Waals surface area contributed by atoms with E-state index in [9.17, 15) is 0 Å². The molecule has 0 saturated heterocycles. The lowest BCUT2D eigenvalue weighted by atomic mass is 9.90. The molecule has 0 spiro atoms. The van der Waals surface area contributed by atoms with E-state index in [0.29, 0.717) is 17.8 Å². The highest BCUT2D eigenvalue weighted by molar-refractivity contribution is 5.37. The van der Waals surface area contributed by atoms with Crippen LogP contribution in [0.2, 0.25) is 0 Å². The summed E-state index contributed by atoms with van der Waals surface area (Å²) in [4.78, 5) is 13.0. The Bertz CT molecular complexity index is 548. The van der Waals surface area contributed by atoms with Gasteiger partial charge in [0.05, 0.1) is 0 Å². The molecule has 0 fully saturated rings. The van der Waals surface area contributed by atoms with Crippen molar-refractivity contribution >= 4 is 11.9 Å². The topological polar surface area (TPSA) is 80.5 Å². The molecule has 0 aliphatic rings. The van der Waals surface area contributed by atoms with Crippen LogP contribution in [0, 0.1) is 5.41 Å². The zero-order valence-electron chi connectivity index (χ0n) is 12.4. The molecular weight excluding hydrogens is 254 g/mol. The van der Waals surface area contributed by atoms with Crippen LogP contribution in [0.25, 0.3) is 5.95 Å². The van der Waals surface area contributed by atoms with Crippen LogP contribution in [-0.2, 0) is 0 Å². The number of rotatable bonds is 6. The fourth-order valence-electron chi connectivity index (χ4n) is 1.49. The average Bonchev–Trinajstić information content (AvgIpc) is 2.99. The number of nitrogens with zero attached hydrogens (tertiary/aromatic N) is 5. The summed E-state index contributed by atoms with van der Waals surface area (Å²) in [5.41, 5.74) is 0.193. The SMILES string of the molecule is CCC(C)(C)CNc1nc(NC)nc(-n2cccn2)n1. The van der Waals surface area contributed by atoms with Gasteiger partial charge in [-0.2, -0.15) is 20.1 Å². The lowest BCUT2D eigenvalue weighted by Gasteiger charge is -2.22. The Hall–Kier alpha value is -2.18. The lowest BCUT2D eigenvalue weighted by molar-refractivity contribution is 0.376. The van der Waals surface area contributed by atoms with Gasteiger partial charge in [0.25, 0.3) is 5.95 Å². The van der Waals surface area contributed by atoms with Crippen LogP contribution >= 0.6 is 0 Å². The second kappa shape index (κ2) is 5.85. The smallest absolute Gasteiger partial charge is 0.257 e. The minimum Gasteiger partial charge on any atom is -0.357 e. The van der Waals surface area contributed by atoms with Gasteiger partial charge >= 0.3 is 0 Å². The molecule has 0 aliphatic carbocycles. The van der Waals surface area contributed by atoms with Crippen LogP contribution in [0.1, 0.15) is 27.2 Å². The normalized spacial score (nSPS) is 11.4. The van der Waals surface area contributed by atoms with Crippen molar-refractivity contribution in [2.75, 3.05) is 24.2 Å². The summed E-state index contributed by atoms with van der Waals surface area (Å²) in [7, 11) is 1.78. The van der Waals surface area contributed by atoms with E-state index in [1.165, 1.54) is 0 Å². The van der Waals surface area contributed by atoms with Gasteiger partial charge in [-0.05, 0) is 17.9 Å². The van der Waals surface area contributed by atoms with E-state index >= 15 is 0 Å². The van der Waals surface area contributed by atoms with Crippen LogP contribution < -0.4 is 10.6 Å². The Balaban J connectivity index is 2.23. The molecule has 7 nitrogen and oxygen atoms in total. The molecule has 0 radical (unpaired) electrons. The van der Waals surface area contributed by atoms with Gasteiger partial charge in [-0.15, -0.1) is 0 Å². The van der Waals surface area contributed by atoms with Crippen molar-refractivity contribution in [3.63, 3.8) is 0 Å². The summed E-state index contributed by atoms with van der Waals surface area (Å²) in [6, 6.07) is 1.83. The number of anilines is 2. The molecule has 0 aliphatic heterocycles. The van der Waals surface area contributed by atoms with Crippen molar-refractivity contribution in [3.05, 3.63) is 18.5 Å². The van der Waals surface area contributed by atoms with Gasteiger partial charge in [0.2, 0.25) is 11.9 Å². The highest BCUT2D eigenvalue weighted by Gasteiger charge is 2.16. The van der Waals surface area contributed by atoms with Gasteiger partial charge in [0, 0.05) is 26.0 Å². The van der Waals surface area contributed by atoms with Crippen molar-refractivity contribution in [2.45, 2.75) is 27.2 Å². The molecule has 2 rings (SSSR count). The van der Waals surface area contributed by atoms with Crippen LogP contribution in [0.15, 0.2) is 18.5 Å². The van der Waals surface area contributed by atoms with E-state index in [1.807, 2.05) is 6.07 Å². The van der Waals surface area contributed by atoms with E-state index in [2.05, 4.69) is 51.5 Å². The lowest BCUT2D eigenvalue weighted by Crippen LogP contribution is -2.23. The van der Waals surface area contributed by atoms with E-state index in [0.717, 1.165) is 13.0 Å². The highest BCUT2D eigenvalue weighted by atomic mass is 15.4. The molecule has 0 unspecified atom stereocenters. The van der Waals surface area contributed by atoms with Crippen molar-refractivity contribution in [2.24, 2.45) is 5.41 Å². The summed E-state index contributed by atoms with van der Waals surface area (Å²) in [6.07, 6.45) is 4.57. The first-order valence-electron chi connectivity index (χ1n) is 6.72. The van der Waals surface area contributed by atoms with E-state index in [-0.39, 0.29) is 5.41 Å². The summed E-state index contributed by atoms with van der Waals surface area (Å²) >= 11 is 0. The van der Waals surface area contributed by atoms with Crippen LogP contribution in [0.5, 0.6) is 0 Å². The van der Waals surface area contributed by atoms with Crippen LogP contribution in [0.3, 0.4) is 0 Å². The first-order chi connectivity index (χ1) is 9.54. The first kappa shape index (κ1) is 14.2. The predicted molar refractivity (Wildman–Crippen MR) is 79.1 cm³/mol. The highest BCUT2D eigenvalue weighted by Crippen LogP contribution is 2.20. The minimum absolute atomic E-state index is 0.193. The maximum atomic E-state index is 4.39. The Morgan fingerprint density at radius 3 is 2.55 bits per heavy atom. The van der Waals surface area contributed by atoms with E-state index < -0.39 is 0 Å². The van der Waals surface area contributed by atoms with Gasteiger partial charge in [-0.1, -0.05) is 20.8 Å². The number of hydrogen-bond donors (Lipinski definition) is 2. The quantitative estimate of drug-likeness (QED) is 0.838. The monoisotopic (exact) mass is 275 g/mol. The average molecular weight is 275 g/mol. The van der Waals surface area contributed by atoms with Crippen LogP contribution in [0.4, 0.5) is 11.9 Å². The molecule has 2 aromatic rings. The Kier molecular flexibility index (Phi) is 4.16. The number of aromatic nitrogens is 5. The van der Waals surface area contributed by atoms with E-state index in [4.69, 9.17) is 0 Å². The summed E-state index contributed by atoms with van der Waals surface area (Å²) < 4.78 is 1.61.